The zero-order chi connectivity index (χ0) is 26.4. The van der Waals surface area contributed by atoms with Gasteiger partial charge in [-0.25, -0.2) is 14.4 Å². The van der Waals surface area contributed by atoms with Crippen molar-refractivity contribution < 1.29 is 29.0 Å². The Kier molecular flexibility index (Phi) is 5.63. The number of rotatable bonds is 5. The van der Waals surface area contributed by atoms with Gasteiger partial charge in [-0.1, -0.05) is 78.9 Å². The second kappa shape index (κ2) is 9.02. The SMILES string of the molecule is O=C(O)[C@@H]1C[C@@]2(CN1C(=O)OCC1c3ccccc3-c3ccccc31)NC(=O)N(Cc1ccccc1)C2=O. The van der Waals surface area contributed by atoms with Crippen LogP contribution in [0.15, 0.2) is 78.9 Å². The molecule has 2 atom stereocenters. The first-order chi connectivity index (χ1) is 18.4. The minimum Gasteiger partial charge on any atom is -0.480 e. The molecule has 2 heterocycles. The number of carboxylic acids is 1. The van der Waals surface area contributed by atoms with E-state index in [1.165, 1.54) is 0 Å². The summed E-state index contributed by atoms with van der Waals surface area (Å²) in [5.41, 5.74) is 3.46. The summed E-state index contributed by atoms with van der Waals surface area (Å²) in [6, 6.07) is 22.9. The van der Waals surface area contributed by atoms with Crippen LogP contribution in [-0.2, 0) is 20.9 Å². The normalized spacial score (nSPS) is 21.9. The summed E-state index contributed by atoms with van der Waals surface area (Å²) >= 11 is 0. The molecular weight excluding hydrogens is 486 g/mol. The third kappa shape index (κ3) is 3.78. The molecular formula is C29H25N3O6. The van der Waals surface area contributed by atoms with E-state index >= 15 is 0 Å². The van der Waals surface area contributed by atoms with E-state index in [-0.39, 0.29) is 32.0 Å². The fourth-order valence-electron chi connectivity index (χ4n) is 5.83. The fourth-order valence-corrected chi connectivity index (χ4v) is 5.83. The second-order valence-corrected chi connectivity index (χ2v) is 9.88. The molecule has 2 aliphatic heterocycles. The van der Waals surface area contributed by atoms with Gasteiger partial charge in [-0.3, -0.25) is 14.6 Å². The molecule has 3 aliphatic rings. The molecule has 6 rings (SSSR count). The smallest absolute Gasteiger partial charge is 0.410 e. The lowest BCUT2D eigenvalue weighted by molar-refractivity contribution is -0.141. The summed E-state index contributed by atoms with van der Waals surface area (Å²) in [7, 11) is 0. The lowest BCUT2D eigenvalue weighted by atomic mass is 9.96. The van der Waals surface area contributed by atoms with Crippen LogP contribution in [0.5, 0.6) is 0 Å². The maximum absolute atomic E-state index is 13.4. The number of benzene rings is 3. The average molecular weight is 512 g/mol. The van der Waals surface area contributed by atoms with Crippen molar-refractivity contribution in [2.45, 2.75) is 30.5 Å². The Morgan fingerprint density at radius 1 is 0.921 bits per heavy atom. The fraction of sp³-hybridized carbons (Fsp3) is 0.241. The van der Waals surface area contributed by atoms with Gasteiger partial charge in [0, 0.05) is 12.3 Å². The lowest BCUT2D eigenvalue weighted by Crippen LogP contribution is -2.50. The van der Waals surface area contributed by atoms with Gasteiger partial charge in [0.2, 0.25) is 0 Å². The van der Waals surface area contributed by atoms with Crippen molar-refractivity contribution in [2.75, 3.05) is 13.2 Å². The molecule has 0 radical (unpaired) electrons. The van der Waals surface area contributed by atoms with Crippen LogP contribution in [-0.4, -0.2) is 63.6 Å². The van der Waals surface area contributed by atoms with Crippen molar-refractivity contribution in [3.63, 3.8) is 0 Å². The molecule has 9 heteroatoms. The molecule has 2 saturated heterocycles. The number of carbonyl (C=O) groups excluding carboxylic acids is 3. The number of carboxylic acid groups (broad SMARTS) is 1. The summed E-state index contributed by atoms with van der Waals surface area (Å²) in [5, 5.41) is 12.5. The molecule has 4 amide bonds. The Labute approximate surface area is 218 Å². The number of nitrogens with one attached hydrogen (secondary N) is 1. The van der Waals surface area contributed by atoms with E-state index in [1.807, 2.05) is 54.6 Å². The number of likely N-dealkylation sites (tertiary alicyclic amines) is 1. The molecule has 1 aliphatic carbocycles. The lowest BCUT2D eigenvalue weighted by Gasteiger charge is -2.23. The number of nitrogens with zero attached hydrogens (tertiary/aromatic N) is 2. The third-order valence-electron chi connectivity index (χ3n) is 7.64. The molecule has 9 nitrogen and oxygen atoms in total. The second-order valence-electron chi connectivity index (χ2n) is 9.88. The van der Waals surface area contributed by atoms with Crippen LogP contribution in [0.25, 0.3) is 11.1 Å². The van der Waals surface area contributed by atoms with Gasteiger partial charge in [-0.2, -0.15) is 0 Å². The van der Waals surface area contributed by atoms with Gasteiger partial charge in [0.05, 0.1) is 13.1 Å². The van der Waals surface area contributed by atoms with Crippen LogP contribution in [0.2, 0.25) is 0 Å². The average Bonchev–Trinajstić information content (AvgIpc) is 3.54. The van der Waals surface area contributed by atoms with E-state index in [4.69, 9.17) is 4.74 Å². The van der Waals surface area contributed by atoms with Crippen molar-refractivity contribution in [3.8, 4) is 11.1 Å². The number of fused-ring (bicyclic) bond motifs is 3. The Bertz CT molecular complexity index is 1410. The molecule has 0 bridgehead atoms. The van der Waals surface area contributed by atoms with Crippen LogP contribution in [0, 0.1) is 0 Å². The number of hydrogen-bond acceptors (Lipinski definition) is 5. The summed E-state index contributed by atoms with van der Waals surface area (Å²) in [5.74, 6) is -2.01. The molecule has 2 N–H and O–H groups in total. The van der Waals surface area contributed by atoms with Gasteiger partial charge < -0.3 is 15.2 Å². The molecule has 192 valence electrons. The molecule has 0 saturated carbocycles. The highest BCUT2D eigenvalue weighted by molar-refractivity contribution is 6.08. The number of imide groups is 1. The van der Waals surface area contributed by atoms with Crippen LogP contribution in [0.1, 0.15) is 29.0 Å². The Morgan fingerprint density at radius 2 is 1.53 bits per heavy atom. The van der Waals surface area contributed by atoms with Crippen molar-refractivity contribution in [1.82, 2.24) is 15.1 Å². The molecule has 3 aromatic rings. The van der Waals surface area contributed by atoms with Crippen molar-refractivity contribution >= 4 is 24.0 Å². The van der Waals surface area contributed by atoms with Gasteiger partial charge in [0.1, 0.15) is 18.2 Å². The van der Waals surface area contributed by atoms with E-state index in [2.05, 4.69) is 5.32 Å². The predicted octanol–water partition coefficient (Wildman–Crippen LogP) is 3.59. The first-order valence-corrected chi connectivity index (χ1v) is 12.4. The van der Waals surface area contributed by atoms with E-state index in [9.17, 15) is 24.3 Å². The quantitative estimate of drug-likeness (QED) is 0.506. The zero-order valence-corrected chi connectivity index (χ0v) is 20.4. The molecule has 0 aromatic heterocycles. The van der Waals surface area contributed by atoms with Crippen molar-refractivity contribution in [2.24, 2.45) is 0 Å². The largest absolute Gasteiger partial charge is 0.480 e. The maximum atomic E-state index is 13.4. The van der Waals surface area contributed by atoms with Gasteiger partial charge in [-0.05, 0) is 27.8 Å². The van der Waals surface area contributed by atoms with Gasteiger partial charge in [-0.15, -0.1) is 0 Å². The summed E-state index contributed by atoms with van der Waals surface area (Å²) < 4.78 is 5.68. The van der Waals surface area contributed by atoms with Gasteiger partial charge in [0.15, 0.2) is 0 Å². The third-order valence-corrected chi connectivity index (χ3v) is 7.64. The Balaban J connectivity index is 1.20. The van der Waals surface area contributed by atoms with E-state index < -0.39 is 35.6 Å². The zero-order valence-electron chi connectivity index (χ0n) is 20.4. The van der Waals surface area contributed by atoms with Gasteiger partial charge >= 0.3 is 18.1 Å². The first kappa shape index (κ1) is 23.7. The molecule has 2 fully saturated rings. The molecule has 38 heavy (non-hydrogen) atoms. The van der Waals surface area contributed by atoms with Crippen molar-refractivity contribution in [3.05, 3.63) is 95.6 Å². The summed E-state index contributed by atoms with van der Waals surface area (Å²) in [6.45, 7) is -0.213. The number of amides is 4. The highest BCUT2D eigenvalue weighted by atomic mass is 16.6. The van der Waals surface area contributed by atoms with Crippen molar-refractivity contribution in [1.29, 1.82) is 0 Å². The monoisotopic (exact) mass is 511 g/mol. The van der Waals surface area contributed by atoms with E-state index in [0.29, 0.717) is 0 Å². The first-order valence-electron chi connectivity index (χ1n) is 12.4. The summed E-state index contributed by atoms with van der Waals surface area (Å²) in [6.07, 6.45) is -1.07. The number of hydrogen-bond donors (Lipinski definition) is 2. The minimum absolute atomic E-state index is 0.0170. The highest BCUT2D eigenvalue weighted by Gasteiger charge is 2.60. The van der Waals surface area contributed by atoms with Crippen LogP contribution in [0.3, 0.4) is 0 Å². The number of carbonyl (C=O) groups is 4. The Hall–Kier alpha value is -4.66. The van der Waals surface area contributed by atoms with Crippen LogP contribution in [0.4, 0.5) is 9.59 Å². The Morgan fingerprint density at radius 3 is 2.16 bits per heavy atom. The van der Waals surface area contributed by atoms with Crippen LogP contribution < -0.4 is 5.32 Å². The predicted molar refractivity (Wildman–Crippen MR) is 136 cm³/mol. The number of ether oxygens (including phenoxy) is 1. The minimum atomic E-state index is -1.51. The summed E-state index contributed by atoms with van der Waals surface area (Å²) in [4.78, 5) is 53.6. The van der Waals surface area contributed by atoms with E-state index in [1.54, 1.807) is 24.3 Å². The maximum Gasteiger partial charge on any atom is 0.410 e. The molecule has 3 aromatic carbocycles. The number of aliphatic carboxylic acids is 1. The van der Waals surface area contributed by atoms with Crippen LogP contribution >= 0.6 is 0 Å². The number of urea groups is 1. The highest BCUT2D eigenvalue weighted by Crippen LogP contribution is 2.44. The van der Waals surface area contributed by atoms with Gasteiger partial charge in [0.25, 0.3) is 5.91 Å². The topological polar surface area (TPSA) is 116 Å². The van der Waals surface area contributed by atoms with E-state index in [0.717, 1.165) is 37.6 Å². The molecule has 0 unspecified atom stereocenters. The molecule has 1 spiro atoms. The standard InChI is InChI=1S/C29H25N3O6/c33-25(34)24-14-29(26(35)31(27(36)30-29)15-18-8-2-1-3-9-18)17-32(24)28(37)38-16-23-21-12-6-4-10-19(21)20-11-5-7-13-22(20)23/h1-13,23-24H,14-17H2,(H,30,36)(H,33,34)/t24-,29-/m0/s1.